The summed E-state index contributed by atoms with van der Waals surface area (Å²) >= 11 is 0. The number of nitrogens with zero attached hydrogens (tertiary/aromatic N) is 1. The SMILES string of the molecule is O=C(Nc1ccc(C(F)(F)F)cc1)/C(=C(\O)C1CC1)[N+](=O)[O-]. The molecule has 0 saturated heterocycles. The number of anilines is 1. The second-order valence-electron chi connectivity index (χ2n) is 4.79. The highest BCUT2D eigenvalue weighted by atomic mass is 19.4. The molecule has 1 aromatic carbocycles. The molecule has 0 unspecified atom stereocenters. The van der Waals surface area contributed by atoms with Crippen LogP contribution >= 0.6 is 0 Å². The normalized spacial score (nSPS) is 16.0. The van der Waals surface area contributed by atoms with Crippen molar-refractivity contribution in [3.05, 3.63) is 51.4 Å². The van der Waals surface area contributed by atoms with Gasteiger partial charge in [-0.1, -0.05) is 0 Å². The summed E-state index contributed by atoms with van der Waals surface area (Å²) in [7, 11) is 0. The highest BCUT2D eigenvalue weighted by Gasteiger charge is 2.37. The van der Waals surface area contributed by atoms with Crippen molar-refractivity contribution in [3.63, 3.8) is 0 Å². The number of carbonyl (C=O) groups excluding carboxylic acids is 1. The zero-order valence-corrected chi connectivity index (χ0v) is 11.1. The molecule has 0 bridgehead atoms. The number of amides is 1. The fourth-order valence-electron chi connectivity index (χ4n) is 1.78. The topological polar surface area (TPSA) is 92.5 Å². The van der Waals surface area contributed by atoms with E-state index < -0.39 is 39.9 Å². The first-order valence-corrected chi connectivity index (χ1v) is 6.26. The lowest BCUT2D eigenvalue weighted by Gasteiger charge is -2.08. The summed E-state index contributed by atoms with van der Waals surface area (Å²) in [6.07, 6.45) is -3.41. The molecule has 0 aromatic heterocycles. The van der Waals surface area contributed by atoms with E-state index in [1.54, 1.807) is 0 Å². The molecule has 6 nitrogen and oxygen atoms in total. The zero-order chi connectivity index (χ0) is 16.5. The largest absolute Gasteiger partial charge is 0.505 e. The first-order valence-electron chi connectivity index (χ1n) is 6.26. The number of hydrogen-bond donors (Lipinski definition) is 2. The van der Waals surface area contributed by atoms with Gasteiger partial charge in [0.1, 0.15) is 0 Å². The van der Waals surface area contributed by atoms with Crippen molar-refractivity contribution < 1.29 is 28.0 Å². The minimum Gasteiger partial charge on any atom is -0.505 e. The molecule has 1 amide bonds. The molecule has 0 aliphatic heterocycles. The predicted octanol–water partition coefficient (Wildman–Crippen LogP) is 3.10. The molecular weight excluding hydrogens is 305 g/mol. The molecule has 9 heteroatoms. The number of carbonyl (C=O) groups is 1. The molecule has 0 spiro atoms. The van der Waals surface area contributed by atoms with E-state index >= 15 is 0 Å². The minimum atomic E-state index is -4.52. The maximum atomic E-state index is 12.4. The summed E-state index contributed by atoms with van der Waals surface area (Å²) in [5.41, 5.74) is -1.93. The van der Waals surface area contributed by atoms with E-state index in [0.717, 1.165) is 24.3 Å². The van der Waals surface area contributed by atoms with E-state index in [1.807, 2.05) is 0 Å². The number of aliphatic hydroxyl groups is 1. The van der Waals surface area contributed by atoms with E-state index in [0.29, 0.717) is 12.8 Å². The second kappa shape index (κ2) is 5.66. The minimum absolute atomic E-state index is 0.0408. The van der Waals surface area contributed by atoms with Gasteiger partial charge in [0.2, 0.25) is 0 Å². The number of allylic oxidation sites excluding steroid dienone is 1. The van der Waals surface area contributed by atoms with Crippen LogP contribution in [0.2, 0.25) is 0 Å². The van der Waals surface area contributed by atoms with Gasteiger partial charge < -0.3 is 10.4 Å². The van der Waals surface area contributed by atoms with Crippen LogP contribution in [0.5, 0.6) is 0 Å². The Kier molecular flexibility index (Phi) is 4.07. The van der Waals surface area contributed by atoms with Crippen molar-refractivity contribution >= 4 is 11.6 Å². The summed E-state index contributed by atoms with van der Waals surface area (Å²) in [6, 6.07) is 3.44. The number of nitro groups is 1. The number of alkyl halides is 3. The third-order valence-electron chi connectivity index (χ3n) is 3.07. The Hall–Kier alpha value is -2.58. The molecule has 1 aliphatic carbocycles. The lowest BCUT2D eigenvalue weighted by atomic mass is 10.2. The molecule has 0 atom stereocenters. The third-order valence-corrected chi connectivity index (χ3v) is 3.07. The average Bonchev–Trinajstić information content (AvgIpc) is 3.21. The summed E-state index contributed by atoms with van der Waals surface area (Å²) in [5, 5.41) is 22.6. The fraction of sp³-hybridized carbons (Fsp3) is 0.308. The van der Waals surface area contributed by atoms with Crippen LogP contribution in [0.25, 0.3) is 0 Å². The summed E-state index contributed by atoms with van der Waals surface area (Å²) in [6.45, 7) is 0. The van der Waals surface area contributed by atoms with E-state index in [4.69, 9.17) is 0 Å². The van der Waals surface area contributed by atoms with Gasteiger partial charge in [0, 0.05) is 11.6 Å². The first-order chi connectivity index (χ1) is 10.2. The van der Waals surface area contributed by atoms with Crippen LogP contribution in [0.3, 0.4) is 0 Å². The van der Waals surface area contributed by atoms with Crippen LogP contribution in [0.15, 0.2) is 35.7 Å². The number of aliphatic hydroxyl groups excluding tert-OH is 1. The van der Waals surface area contributed by atoms with Crippen LogP contribution in [0.4, 0.5) is 18.9 Å². The lowest BCUT2D eigenvalue weighted by molar-refractivity contribution is -0.421. The van der Waals surface area contributed by atoms with E-state index in [2.05, 4.69) is 5.32 Å². The van der Waals surface area contributed by atoms with E-state index in [9.17, 15) is 33.2 Å². The Morgan fingerprint density at radius 1 is 1.27 bits per heavy atom. The Labute approximate surface area is 122 Å². The van der Waals surface area contributed by atoms with Crippen molar-refractivity contribution in [2.45, 2.75) is 19.0 Å². The van der Waals surface area contributed by atoms with Gasteiger partial charge in [0.25, 0.3) is 0 Å². The maximum absolute atomic E-state index is 12.4. The molecule has 1 fully saturated rings. The Bertz CT molecular complexity index is 634. The molecular formula is C13H11F3N2O4. The van der Waals surface area contributed by atoms with Crippen LogP contribution < -0.4 is 5.32 Å². The quantitative estimate of drug-likeness (QED) is 0.386. The number of halogens is 3. The Balaban J connectivity index is 2.17. The van der Waals surface area contributed by atoms with Crippen molar-refractivity contribution in [2.24, 2.45) is 5.92 Å². The Morgan fingerprint density at radius 3 is 2.23 bits per heavy atom. The monoisotopic (exact) mass is 316 g/mol. The molecule has 1 saturated carbocycles. The van der Waals surface area contributed by atoms with Gasteiger partial charge >= 0.3 is 17.8 Å². The highest BCUT2D eigenvalue weighted by molar-refractivity contribution is 6.02. The number of rotatable bonds is 4. The molecule has 22 heavy (non-hydrogen) atoms. The van der Waals surface area contributed by atoms with Gasteiger partial charge in [-0.2, -0.15) is 13.2 Å². The van der Waals surface area contributed by atoms with Gasteiger partial charge in [0.05, 0.1) is 10.5 Å². The Morgan fingerprint density at radius 2 is 1.82 bits per heavy atom. The average molecular weight is 316 g/mol. The fourth-order valence-corrected chi connectivity index (χ4v) is 1.78. The van der Waals surface area contributed by atoms with Gasteiger partial charge in [-0.25, -0.2) is 0 Å². The van der Waals surface area contributed by atoms with Gasteiger partial charge in [-0.3, -0.25) is 14.9 Å². The third kappa shape index (κ3) is 3.54. The smallest absolute Gasteiger partial charge is 0.416 e. The first kappa shape index (κ1) is 15.8. The number of benzene rings is 1. The molecule has 0 heterocycles. The van der Waals surface area contributed by atoms with Crippen molar-refractivity contribution in [1.29, 1.82) is 0 Å². The van der Waals surface area contributed by atoms with Crippen LogP contribution in [0, 0.1) is 16.0 Å². The van der Waals surface area contributed by atoms with Gasteiger partial charge in [-0.05, 0) is 37.1 Å². The molecule has 2 N–H and O–H groups in total. The lowest BCUT2D eigenvalue weighted by Crippen LogP contribution is -2.22. The molecule has 2 rings (SSSR count). The van der Waals surface area contributed by atoms with Crippen molar-refractivity contribution in [3.8, 4) is 0 Å². The van der Waals surface area contributed by atoms with Crippen LogP contribution in [-0.2, 0) is 11.0 Å². The number of nitrogens with one attached hydrogen (secondary N) is 1. The summed E-state index contributed by atoms with van der Waals surface area (Å²) in [5.74, 6) is -2.18. The van der Waals surface area contributed by atoms with Gasteiger partial charge in [-0.15, -0.1) is 0 Å². The summed E-state index contributed by atoms with van der Waals surface area (Å²) in [4.78, 5) is 21.7. The van der Waals surface area contributed by atoms with Crippen LogP contribution in [-0.4, -0.2) is 15.9 Å². The molecule has 118 valence electrons. The number of hydrogen-bond acceptors (Lipinski definition) is 4. The summed E-state index contributed by atoms with van der Waals surface area (Å²) < 4.78 is 37.2. The predicted molar refractivity (Wildman–Crippen MR) is 69.4 cm³/mol. The van der Waals surface area contributed by atoms with Gasteiger partial charge in [0.15, 0.2) is 5.76 Å². The van der Waals surface area contributed by atoms with E-state index in [-0.39, 0.29) is 5.69 Å². The van der Waals surface area contributed by atoms with Crippen LogP contribution in [0.1, 0.15) is 18.4 Å². The second-order valence-corrected chi connectivity index (χ2v) is 4.79. The van der Waals surface area contributed by atoms with Crippen molar-refractivity contribution in [2.75, 3.05) is 5.32 Å². The molecule has 1 aliphatic rings. The van der Waals surface area contributed by atoms with Crippen molar-refractivity contribution in [1.82, 2.24) is 0 Å². The van der Waals surface area contributed by atoms with E-state index in [1.165, 1.54) is 0 Å². The molecule has 1 aromatic rings. The maximum Gasteiger partial charge on any atom is 0.416 e. The zero-order valence-electron chi connectivity index (χ0n) is 11.1. The highest BCUT2D eigenvalue weighted by Crippen LogP contribution is 2.36. The molecule has 0 radical (unpaired) electrons. The standard InChI is InChI=1S/C13H11F3N2O4/c14-13(15,16)8-3-5-9(6-4-8)17-12(20)10(18(21)22)11(19)7-1-2-7/h3-7,19H,1-2H2,(H,17,20)/b11-10+.